The molecule has 9 heteroatoms. The molecule has 0 bridgehead atoms. The highest BCUT2D eigenvalue weighted by atomic mass is 32.1. The number of hydrogen-bond acceptors (Lipinski definition) is 6. The molecule has 2 unspecified atom stereocenters. The van der Waals surface area contributed by atoms with Crippen molar-refractivity contribution in [2.75, 3.05) is 24.5 Å². The number of rotatable bonds is 5. The summed E-state index contributed by atoms with van der Waals surface area (Å²) in [5.74, 6) is -1.07. The number of hydrogen-bond donors (Lipinski definition) is 1. The molecule has 1 N–H and O–H groups in total. The minimum atomic E-state index is -0.773. The number of aromatic nitrogens is 2. The molecule has 2 aromatic heterocycles. The van der Waals surface area contributed by atoms with Crippen LogP contribution in [0.25, 0.3) is 0 Å². The van der Waals surface area contributed by atoms with Gasteiger partial charge in [-0.15, -0.1) is 0 Å². The zero-order chi connectivity index (χ0) is 22.0. The quantitative estimate of drug-likeness (QED) is 0.752. The van der Waals surface area contributed by atoms with Gasteiger partial charge in [-0.1, -0.05) is 18.3 Å². The summed E-state index contributed by atoms with van der Waals surface area (Å²) >= 11 is 1.35. The predicted molar refractivity (Wildman–Crippen MR) is 117 cm³/mol. The maximum Gasteiger partial charge on any atom is 0.263 e. The first-order valence-corrected chi connectivity index (χ1v) is 11.8. The van der Waals surface area contributed by atoms with E-state index in [-0.39, 0.29) is 18.1 Å². The van der Waals surface area contributed by atoms with E-state index < -0.39 is 11.6 Å². The number of nitrogens with zero attached hydrogens (tertiary/aromatic N) is 4. The molecule has 4 heterocycles. The van der Waals surface area contributed by atoms with Crippen LogP contribution in [0, 0.1) is 17.6 Å². The molecule has 2 saturated heterocycles. The summed E-state index contributed by atoms with van der Waals surface area (Å²) in [5, 5.41) is 3.48. The second kappa shape index (κ2) is 9.56. The zero-order valence-corrected chi connectivity index (χ0v) is 18.8. The van der Waals surface area contributed by atoms with Crippen molar-refractivity contribution in [1.82, 2.24) is 20.2 Å². The fourth-order valence-corrected chi connectivity index (χ4v) is 5.61. The van der Waals surface area contributed by atoms with Crippen LogP contribution in [0.1, 0.15) is 54.9 Å². The number of carbonyl (C=O) groups excluding carboxylic acids is 1. The largest absolute Gasteiger partial charge is 0.346 e. The lowest BCUT2D eigenvalue weighted by atomic mass is 9.92. The lowest BCUT2D eigenvalue weighted by molar-refractivity contribution is 0.0954. The number of likely N-dealkylation sites (tertiary alicyclic amines) is 1. The standard InChI is InChI=1S/C22H29F2N5OS/c1-14-4-3-6-28(13-14)17-5-7-29(15(2)8-17)22-27-12-20(31-22)21(30)26-11-19-18(24)9-16(23)10-25-19/h9-10,12,14-15,17H,3-8,11,13H2,1-2H3,(H,26,30)/t14-,15?,17?/m1/s1. The van der Waals surface area contributed by atoms with Gasteiger partial charge in [0, 0.05) is 31.2 Å². The van der Waals surface area contributed by atoms with Gasteiger partial charge < -0.3 is 10.2 Å². The normalized spacial score (nSPS) is 24.9. The highest BCUT2D eigenvalue weighted by molar-refractivity contribution is 7.17. The number of halogens is 2. The topological polar surface area (TPSA) is 61.4 Å². The molecule has 2 fully saturated rings. The fraction of sp³-hybridized carbons (Fsp3) is 0.591. The van der Waals surface area contributed by atoms with Crippen LogP contribution in [-0.4, -0.2) is 52.5 Å². The van der Waals surface area contributed by atoms with Crippen molar-refractivity contribution < 1.29 is 13.6 Å². The molecule has 1 amide bonds. The van der Waals surface area contributed by atoms with Crippen LogP contribution < -0.4 is 10.2 Å². The zero-order valence-electron chi connectivity index (χ0n) is 18.0. The van der Waals surface area contributed by atoms with Crippen molar-refractivity contribution in [3.63, 3.8) is 0 Å². The molecule has 2 aliphatic heterocycles. The van der Waals surface area contributed by atoms with Crippen LogP contribution in [0.5, 0.6) is 0 Å². The number of amides is 1. The van der Waals surface area contributed by atoms with Crippen LogP contribution in [0.3, 0.4) is 0 Å². The molecular weight excluding hydrogens is 420 g/mol. The molecule has 6 nitrogen and oxygen atoms in total. The summed E-state index contributed by atoms with van der Waals surface area (Å²) in [4.78, 5) is 26.1. The van der Waals surface area contributed by atoms with E-state index in [1.807, 2.05) is 0 Å². The van der Waals surface area contributed by atoms with E-state index in [0.29, 0.717) is 17.0 Å². The Kier molecular flexibility index (Phi) is 6.81. The molecule has 4 rings (SSSR count). The Morgan fingerprint density at radius 1 is 1.23 bits per heavy atom. The van der Waals surface area contributed by atoms with Gasteiger partial charge in [0.25, 0.3) is 5.91 Å². The molecule has 2 aromatic rings. The van der Waals surface area contributed by atoms with Gasteiger partial charge in [0.15, 0.2) is 5.13 Å². The molecule has 0 aromatic carbocycles. The summed E-state index contributed by atoms with van der Waals surface area (Å²) in [5.41, 5.74) is 0.00205. The smallest absolute Gasteiger partial charge is 0.263 e. The minimum Gasteiger partial charge on any atom is -0.346 e. The molecule has 0 aliphatic carbocycles. The third-order valence-electron chi connectivity index (χ3n) is 6.32. The summed E-state index contributed by atoms with van der Waals surface area (Å²) < 4.78 is 26.7. The molecule has 168 valence electrons. The Morgan fingerprint density at radius 3 is 2.81 bits per heavy atom. The third kappa shape index (κ3) is 5.20. The molecule has 0 saturated carbocycles. The van der Waals surface area contributed by atoms with Crippen molar-refractivity contribution in [1.29, 1.82) is 0 Å². The van der Waals surface area contributed by atoms with E-state index in [1.165, 1.54) is 37.3 Å². The Morgan fingerprint density at radius 2 is 2.06 bits per heavy atom. The van der Waals surface area contributed by atoms with Gasteiger partial charge in [-0.3, -0.25) is 14.7 Å². The average Bonchev–Trinajstić information content (AvgIpc) is 3.23. The lowest BCUT2D eigenvalue weighted by Crippen LogP contribution is -2.51. The van der Waals surface area contributed by atoms with Crippen molar-refractivity contribution in [3.05, 3.63) is 40.7 Å². The van der Waals surface area contributed by atoms with E-state index in [4.69, 9.17) is 0 Å². The molecule has 0 spiro atoms. The van der Waals surface area contributed by atoms with Crippen molar-refractivity contribution in [3.8, 4) is 0 Å². The second-order valence-corrected chi connectivity index (χ2v) is 9.74. The van der Waals surface area contributed by atoms with Crippen LogP contribution in [-0.2, 0) is 6.54 Å². The van der Waals surface area contributed by atoms with Crippen LogP contribution in [0.2, 0.25) is 0 Å². The maximum absolute atomic E-state index is 13.7. The first-order valence-electron chi connectivity index (χ1n) is 11.0. The predicted octanol–water partition coefficient (Wildman–Crippen LogP) is 3.84. The summed E-state index contributed by atoms with van der Waals surface area (Å²) in [6, 6.07) is 1.74. The number of pyridine rings is 1. The van der Waals surface area contributed by atoms with Gasteiger partial charge >= 0.3 is 0 Å². The van der Waals surface area contributed by atoms with Gasteiger partial charge in [-0.25, -0.2) is 13.8 Å². The van der Waals surface area contributed by atoms with Gasteiger partial charge in [-0.05, 0) is 45.1 Å². The Labute approximate surface area is 185 Å². The Balaban J connectivity index is 1.33. The molecule has 2 aliphatic rings. The lowest BCUT2D eigenvalue weighted by Gasteiger charge is -2.44. The molecule has 0 radical (unpaired) electrons. The first-order chi connectivity index (χ1) is 14.9. The summed E-state index contributed by atoms with van der Waals surface area (Å²) in [6.07, 6.45) is 7.33. The maximum atomic E-state index is 13.7. The third-order valence-corrected chi connectivity index (χ3v) is 7.35. The SMILES string of the molecule is CC1CC(N2CCC[C@@H](C)C2)CCN1c1ncc(C(=O)NCc2ncc(F)cc2F)s1. The average molecular weight is 450 g/mol. The van der Waals surface area contributed by atoms with Crippen LogP contribution >= 0.6 is 11.3 Å². The van der Waals surface area contributed by atoms with Gasteiger partial charge in [-0.2, -0.15) is 0 Å². The Hall–Kier alpha value is -2.13. The monoisotopic (exact) mass is 449 g/mol. The molecule has 31 heavy (non-hydrogen) atoms. The van der Waals surface area contributed by atoms with Gasteiger partial charge in [0.2, 0.25) is 0 Å². The minimum absolute atomic E-state index is 0.00205. The van der Waals surface area contributed by atoms with Crippen molar-refractivity contribution in [2.24, 2.45) is 5.92 Å². The van der Waals surface area contributed by atoms with Crippen molar-refractivity contribution in [2.45, 2.75) is 58.2 Å². The van der Waals surface area contributed by atoms with E-state index >= 15 is 0 Å². The van der Waals surface area contributed by atoms with Crippen molar-refractivity contribution >= 4 is 22.4 Å². The Bertz CT molecular complexity index is 923. The molecular formula is C22H29F2N5OS. The number of nitrogens with one attached hydrogen (secondary N) is 1. The summed E-state index contributed by atoms with van der Waals surface area (Å²) in [6.45, 7) is 7.79. The van der Waals surface area contributed by atoms with E-state index in [2.05, 4.69) is 38.9 Å². The first kappa shape index (κ1) is 22.1. The van der Waals surface area contributed by atoms with Crippen LogP contribution in [0.4, 0.5) is 13.9 Å². The number of carbonyl (C=O) groups is 1. The van der Waals surface area contributed by atoms with Crippen LogP contribution in [0.15, 0.2) is 18.5 Å². The van der Waals surface area contributed by atoms with Gasteiger partial charge in [0.1, 0.15) is 16.5 Å². The van der Waals surface area contributed by atoms with Gasteiger partial charge in [0.05, 0.1) is 24.6 Å². The highest BCUT2D eigenvalue weighted by Gasteiger charge is 2.32. The number of anilines is 1. The summed E-state index contributed by atoms with van der Waals surface area (Å²) in [7, 11) is 0. The van der Waals surface area contributed by atoms with E-state index in [1.54, 1.807) is 6.20 Å². The fourth-order valence-electron chi connectivity index (χ4n) is 4.65. The van der Waals surface area contributed by atoms with E-state index in [9.17, 15) is 13.6 Å². The second-order valence-electron chi connectivity index (χ2n) is 8.73. The molecule has 3 atom stereocenters. The highest BCUT2D eigenvalue weighted by Crippen LogP contribution is 2.32. The van der Waals surface area contributed by atoms with E-state index in [0.717, 1.165) is 42.7 Å². The number of piperidine rings is 2. The number of thiazole rings is 1.